The fourth-order valence-corrected chi connectivity index (χ4v) is 6.33. The Bertz CT molecular complexity index is 542. The van der Waals surface area contributed by atoms with Crippen molar-refractivity contribution in [2.75, 3.05) is 4.90 Å². The first kappa shape index (κ1) is 17.4. The maximum atomic E-state index is 2.94. The van der Waals surface area contributed by atoms with E-state index in [0.29, 0.717) is 0 Å². The first-order valence-electron chi connectivity index (χ1n) is 11.1. The summed E-state index contributed by atoms with van der Waals surface area (Å²) in [7, 11) is 0. The third kappa shape index (κ3) is 3.62. The standard InChI is InChI=1S/C24H37N/c1-18-12-15-21(16-13-18)25(20-8-4-3-5-9-20)24-17-14-19(2)22-10-6-7-11-23(22)24/h12-13,15-16,19-20,22-24H,3-11,14,17H2,1-2H3. The first-order valence-corrected chi connectivity index (χ1v) is 11.1. The average Bonchev–Trinajstić information content (AvgIpc) is 2.66. The zero-order valence-electron chi connectivity index (χ0n) is 16.4. The minimum Gasteiger partial charge on any atom is -0.365 e. The maximum Gasteiger partial charge on any atom is 0.0371 e. The number of nitrogens with zero attached hydrogens (tertiary/aromatic N) is 1. The monoisotopic (exact) mass is 339 g/mol. The van der Waals surface area contributed by atoms with Crippen molar-refractivity contribution in [1.29, 1.82) is 0 Å². The summed E-state index contributed by atoms with van der Waals surface area (Å²) in [5, 5.41) is 0. The van der Waals surface area contributed by atoms with Crippen LogP contribution in [0.3, 0.4) is 0 Å². The molecule has 3 aliphatic carbocycles. The first-order chi connectivity index (χ1) is 12.2. The number of benzene rings is 1. The summed E-state index contributed by atoms with van der Waals surface area (Å²) in [6.45, 7) is 4.75. The Morgan fingerprint density at radius 2 is 1.36 bits per heavy atom. The Morgan fingerprint density at radius 1 is 0.720 bits per heavy atom. The van der Waals surface area contributed by atoms with Crippen LogP contribution in [0.15, 0.2) is 24.3 Å². The molecule has 0 amide bonds. The molecule has 0 aromatic heterocycles. The van der Waals surface area contributed by atoms with E-state index in [1.54, 1.807) is 0 Å². The Morgan fingerprint density at radius 3 is 2.08 bits per heavy atom. The number of hydrogen-bond acceptors (Lipinski definition) is 1. The summed E-state index contributed by atoms with van der Waals surface area (Å²) in [6.07, 6.45) is 15.9. The van der Waals surface area contributed by atoms with Crippen LogP contribution in [0.2, 0.25) is 0 Å². The largest absolute Gasteiger partial charge is 0.365 e. The van der Waals surface area contributed by atoms with Crippen molar-refractivity contribution in [3.8, 4) is 0 Å². The Kier molecular flexibility index (Phi) is 5.39. The van der Waals surface area contributed by atoms with Crippen molar-refractivity contribution in [3.63, 3.8) is 0 Å². The predicted molar refractivity (Wildman–Crippen MR) is 108 cm³/mol. The molecule has 1 nitrogen and oxygen atoms in total. The van der Waals surface area contributed by atoms with E-state index in [1.165, 1.54) is 81.9 Å². The van der Waals surface area contributed by atoms with Gasteiger partial charge in [0.05, 0.1) is 0 Å². The summed E-state index contributed by atoms with van der Waals surface area (Å²) in [5.74, 6) is 2.89. The van der Waals surface area contributed by atoms with Gasteiger partial charge in [0.25, 0.3) is 0 Å². The SMILES string of the molecule is Cc1ccc(N(C2CCCCC2)C2CCC(C)C3CCCCC32)cc1. The normalized spacial score (nSPS) is 33.7. The summed E-state index contributed by atoms with van der Waals surface area (Å²) in [4.78, 5) is 2.94. The molecular weight excluding hydrogens is 302 g/mol. The molecule has 25 heavy (non-hydrogen) atoms. The van der Waals surface area contributed by atoms with Crippen LogP contribution >= 0.6 is 0 Å². The number of hydrogen-bond donors (Lipinski definition) is 0. The van der Waals surface area contributed by atoms with Gasteiger partial charge in [-0.15, -0.1) is 0 Å². The molecular formula is C24H37N. The lowest BCUT2D eigenvalue weighted by Crippen LogP contribution is -2.53. The quantitative estimate of drug-likeness (QED) is 0.589. The van der Waals surface area contributed by atoms with Gasteiger partial charge in [0.2, 0.25) is 0 Å². The van der Waals surface area contributed by atoms with Crippen molar-refractivity contribution in [2.24, 2.45) is 17.8 Å². The molecule has 3 fully saturated rings. The summed E-state index contributed by atoms with van der Waals surface area (Å²) < 4.78 is 0. The Hall–Kier alpha value is -0.980. The second kappa shape index (κ2) is 7.72. The van der Waals surface area contributed by atoms with Crippen molar-refractivity contribution < 1.29 is 0 Å². The van der Waals surface area contributed by atoms with Gasteiger partial charge in [-0.2, -0.15) is 0 Å². The van der Waals surface area contributed by atoms with E-state index in [9.17, 15) is 0 Å². The molecule has 138 valence electrons. The van der Waals surface area contributed by atoms with Crippen LogP contribution in [-0.2, 0) is 0 Å². The van der Waals surface area contributed by atoms with Gasteiger partial charge in [-0.3, -0.25) is 0 Å². The predicted octanol–water partition coefficient (Wildman–Crippen LogP) is 6.74. The molecule has 4 rings (SSSR count). The van der Waals surface area contributed by atoms with E-state index in [0.717, 1.165) is 29.8 Å². The van der Waals surface area contributed by atoms with Gasteiger partial charge >= 0.3 is 0 Å². The van der Waals surface area contributed by atoms with E-state index in [-0.39, 0.29) is 0 Å². The fraction of sp³-hybridized carbons (Fsp3) is 0.750. The van der Waals surface area contributed by atoms with E-state index in [1.807, 2.05) is 0 Å². The Balaban J connectivity index is 1.65. The van der Waals surface area contributed by atoms with Crippen LogP contribution < -0.4 is 4.90 Å². The summed E-state index contributed by atoms with van der Waals surface area (Å²) in [5.41, 5.74) is 2.90. The molecule has 0 aliphatic heterocycles. The zero-order valence-corrected chi connectivity index (χ0v) is 16.4. The molecule has 1 aromatic rings. The van der Waals surface area contributed by atoms with Crippen molar-refractivity contribution in [3.05, 3.63) is 29.8 Å². The molecule has 4 unspecified atom stereocenters. The van der Waals surface area contributed by atoms with Crippen LogP contribution in [-0.4, -0.2) is 12.1 Å². The molecule has 0 radical (unpaired) electrons. The Labute approximate surface area is 155 Å². The van der Waals surface area contributed by atoms with Gasteiger partial charge in [-0.1, -0.05) is 56.7 Å². The molecule has 0 saturated heterocycles. The second-order valence-corrected chi connectivity index (χ2v) is 9.27. The van der Waals surface area contributed by atoms with Gasteiger partial charge in [0.15, 0.2) is 0 Å². The van der Waals surface area contributed by atoms with Crippen molar-refractivity contribution in [1.82, 2.24) is 0 Å². The lowest BCUT2D eigenvalue weighted by atomic mass is 9.63. The number of fused-ring (bicyclic) bond motifs is 1. The van der Waals surface area contributed by atoms with Crippen molar-refractivity contribution in [2.45, 2.75) is 96.6 Å². The highest BCUT2D eigenvalue weighted by molar-refractivity contribution is 5.50. The van der Waals surface area contributed by atoms with Crippen LogP contribution in [0.4, 0.5) is 5.69 Å². The van der Waals surface area contributed by atoms with E-state index in [2.05, 4.69) is 43.0 Å². The minimum absolute atomic E-state index is 0.789. The molecule has 3 aliphatic rings. The van der Waals surface area contributed by atoms with Crippen LogP contribution in [0.25, 0.3) is 0 Å². The summed E-state index contributed by atoms with van der Waals surface area (Å²) in [6, 6.07) is 11.1. The topological polar surface area (TPSA) is 3.24 Å². The van der Waals surface area contributed by atoms with Gasteiger partial charge in [0, 0.05) is 17.8 Å². The lowest BCUT2D eigenvalue weighted by Gasteiger charge is -2.52. The van der Waals surface area contributed by atoms with Crippen LogP contribution in [0.5, 0.6) is 0 Å². The molecule has 0 heterocycles. The van der Waals surface area contributed by atoms with Gasteiger partial charge in [0.1, 0.15) is 0 Å². The third-order valence-corrected chi connectivity index (χ3v) is 7.68. The van der Waals surface area contributed by atoms with Gasteiger partial charge in [-0.05, 0) is 75.3 Å². The number of anilines is 1. The molecule has 1 heteroatoms. The van der Waals surface area contributed by atoms with Crippen molar-refractivity contribution >= 4 is 5.69 Å². The molecule has 3 saturated carbocycles. The number of aryl methyl sites for hydroxylation is 1. The van der Waals surface area contributed by atoms with Gasteiger partial charge in [-0.25, -0.2) is 0 Å². The van der Waals surface area contributed by atoms with Gasteiger partial charge < -0.3 is 4.90 Å². The molecule has 4 atom stereocenters. The van der Waals surface area contributed by atoms with E-state index < -0.39 is 0 Å². The highest BCUT2D eigenvalue weighted by Crippen LogP contribution is 2.47. The molecule has 0 bridgehead atoms. The number of rotatable bonds is 3. The average molecular weight is 340 g/mol. The highest BCUT2D eigenvalue weighted by atomic mass is 15.2. The van der Waals surface area contributed by atoms with E-state index in [4.69, 9.17) is 0 Å². The molecule has 0 N–H and O–H groups in total. The smallest absolute Gasteiger partial charge is 0.0371 e. The van der Waals surface area contributed by atoms with E-state index >= 15 is 0 Å². The second-order valence-electron chi connectivity index (χ2n) is 9.27. The molecule has 0 spiro atoms. The summed E-state index contributed by atoms with van der Waals surface area (Å²) >= 11 is 0. The lowest BCUT2D eigenvalue weighted by molar-refractivity contribution is 0.0850. The molecule has 1 aromatic carbocycles. The maximum absolute atomic E-state index is 2.94. The zero-order chi connectivity index (χ0) is 17.2. The van der Waals surface area contributed by atoms with Crippen LogP contribution in [0.1, 0.15) is 83.1 Å². The fourth-order valence-electron chi connectivity index (χ4n) is 6.33. The highest BCUT2D eigenvalue weighted by Gasteiger charge is 2.42. The minimum atomic E-state index is 0.789. The third-order valence-electron chi connectivity index (χ3n) is 7.68. The van der Waals surface area contributed by atoms with Crippen LogP contribution in [0, 0.1) is 24.7 Å².